The van der Waals surface area contributed by atoms with Crippen molar-refractivity contribution < 1.29 is 14.7 Å². The van der Waals surface area contributed by atoms with Crippen LogP contribution in [0.4, 0.5) is 0 Å². The highest BCUT2D eigenvalue weighted by atomic mass is 35.5. The third kappa shape index (κ3) is 2.52. The van der Waals surface area contributed by atoms with E-state index in [0.717, 1.165) is 0 Å². The number of Topliss-reactive ketones (excluding diaryl/α,β-unsaturated/α-hetero) is 1. The maximum absolute atomic E-state index is 12.2. The molecule has 1 N–H and O–H groups in total. The molecule has 0 bridgehead atoms. The van der Waals surface area contributed by atoms with Crippen molar-refractivity contribution in [3.63, 3.8) is 0 Å². The summed E-state index contributed by atoms with van der Waals surface area (Å²) in [4.78, 5) is 28.9. The highest BCUT2D eigenvalue weighted by molar-refractivity contribution is 6.29. The van der Waals surface area contributed by atoms with Crippen molar-refractivity contribution in [3.8, 4) is 0 Å². The van der Waals surface area contributed by atoms with Gasteiger partial charge in [0.2, 0.25) is 0 Å². The van der Waals surface area contributed by atoms with Gasteiger partial charge in [0.25, 0.3) is 5.91 Å². The summed E-state index contributed by atoms with van der Waals surface area (Å²) in [7, 11) is 0. The molecule has 1 saturated heterocycles. The second kappa shape index (κ2) is 5.04. The zero-order chi connectivity index (χ0) is 13.3. The Hall–Kier alpha value is -1.46. The van der Waals surface area contributed by atoms with Gasteiger partial charge in [-0.1, -0.05) is 11.6 Å². The molecular weight excluding hydrogens is 256 g/mol. The minimum absolute atomic E-state index is 0.125. The molecule has 0 saturated carbocycles. The predicted molar refractivity (Wildman–Crippen MR) is 65.4 cm³/mol. The van der Waals surface area contributed by atoms with Gasteiger partial charge in [0.1, 0.15) is 5.15 Å². The van der Waals surface area contributed by atoms with Crippen LogP contribution in [0, 0.1) is 0 Å². The molecule has 5 nitrogen and oxygen atoms in total. The predicted octanol–water partition coefficient (Wildman–Crippen LogP) is 0.899. The number of likely N-dealkylation sites (tertiary alicyclic amines) is 1. The number of ketones is 1. The van der Waals surface area contributed by atoms with Crippen molar-refractivity contribution in [1.82, 2.24) is 9.88 Å². The minimum atomic E-state index is -0.653. The van der Waals surface area contributed by atoms with Gasteiger partial charge in [-0.3, -0.25) is 9.59 Å². The van der Waals surface area contributed by atoms with Crippen LogP contribution in [0.15, 0.2) is 18.3 Å². The average Bonchev–Trinajstić information content (AvgIpc) is 2.70. The van der Waals surface area contributed by atoms with Crippen molar-refractivity contribution in [3.05, 3.63) is 29.0 Å². The van der Waals surface area contributed by atoms with E-state index in [9.17, 15) is 14.7 Å². The summed E-state index contributed by atoms with van der Waals surface area (Å²) in [5.41, 5.74) is 0.371. The number of aliphatic hydroxyl groups excluding tert-OH is 1. The van der Waals surface area contributed by atoms with Gasteiger partial charge < -0.3 is 10.0 Å². The number of hydrogen-bond acceptors (Lipinski definition) is 4. The average molecular weight is 269 g/mol. The number of aromatic nitrogens is 1. The first kappa shape index (κ1) is 13.0. The number of nitrogens with zero attached hydrogens (tertiary/aromatic N) is 2. The molecule has 2 unspecified atom stereocenters. The quantitative estimate of drug-likeness (QED) is 0.809. The molecule has 2 atom stereocenters. The molecule has 1 aromatic rings. The van der Waals surface area contributed by atoms with E-state index in [-0.39, 0.29) is 23.4 Å². The summed E-state index contributed by atoms with van der Waals surface area (Å²) in [5, 5.41) is 9.81. The number of β-amino-alcohol motifs (C(OH)–C–C–N with tert-alkyl or cyclic N) is 1. The molecule has 1 amide bonds. The first-order chi connectivity index (χ1) is 8.49. The first-order valence-corrected chi connectivity index (χ1v) is 5.98. The maximum Gasteiger partial charge on any atom is 0.254 e. The van der Waals surface area contributed by atoms with Gasteiger partial charge >= 0.3 is 0 Å². The Bertz CT molecular complexity index is 492. The molecule has 0 aromatic carbocycles. The summed E-state index contributed by atoms with van der Waals surface area (Å²) in [5.74, 6) is -0.434. The van der Waals surface area contributed by atoms with E-state index in [1.54, 1.807) is 0 Å². The highest BCUT2D eigenvalue weighted by Gasteiger charge is 2.37. The zero-order valence-electron chi connectivity index (χ0n) is 9.84. The summed E-state index contributed by atoms with van der Waals surface area (Å²) < 4.78 is 0. The van der Waals surface area contributed by atoms with Gasteiger partial charge in [0, 0.05) is 24.7 Å². The lowest BCUT2D eigenvalue weighted by Crippen LogP contribution is -2.39. The molecule has 1 aliphatic heterocycles. The fourth-order valence-electron chi connectivity index (χ4n) is 2.12. The van der Waals surface area contributed by atoms with Gasteiger partial charge in [0.05, 0.1) is 12.1 Å². The number of hydrogen-bond donors (Lipinski definition) is 1. The highest BCUT2D eigenvalue weighted by Crippen LogP contribution is 2.22. The van der Waals surface area contributed by atoms with E-state index in [1.165, 1.54) is 30.2 Å². The number of pyridine rings is 1. The topological polar surface area (TPSA) is 70.5 Å². The molecule has 1 aromatic heterocycles. The number of carbonyl (C=O) groups excluding carboxylic acids is 2. The molecule has 18 heavy (non-hydrogen) atoms. The minimum Gasteiger partial charge on any atom is -0.391 e. The van der Waals surface area contributed by atoms with Crippen LogP contribution < -0.4 is 0 Å². The Morgan fingerprint density at radius 2 is 2.28 bits per heavy atom. The van der Waals surface area contributed by atoms with E-state index < -0.39 is 12.1 Å². The molecule has 1 aliphatic rings. The van der Waals surface area contributed by atoms with Gasteiger partial charge in [-0.15, -0.1) is 0 Å². The number of aliphatic hydroxyl groups is 1. The molecule has 0 aliphatic carbocycles. The Kier molecular flexibility index (Phi) is 3.63. The number of amides is 1. The van der Waals surface area contributed by atoms with Crippen LogP contribution in [0.2, 0.25) is 5.15 Å². The summed E-state index contributed by atoms with van der Waals surface area (Å²) in [6, 6.07) is 2.43. The molecule has 1 fully saturated rings. The number of rotatable bonds is 2. The zero-order valence-corrected chi connectivity index (χ0v) is 10.6. The largest absolute Gasteiger partial charge is 0.391 e. The summed E-state index contributed by atoms with van der Waals surface area (Å²) in [6.45, 7) is 1.59. The first-order valence-electron chi connectivity index (χ1n) is 5.60. The van der Waals surface area contributed by atoms with Crippen molar-refractivity contribution in [2.45, 2.75) is 25.5 Å². The summed E-state index contributed by atoms with van der Waals surface area (Å²) in [6.07, 6.45) is 1.07. The normalized spacial score (nSPS) is 23.2. The molecule has 96 valence electrons. The third-order valence-electron chi connectivity index (χ3n) is 2.98. The van der Waals surface area contributed by atoms with E-state index in [2.05, 4.69) is 4.98 Å². The van der Waals surface area contributed by atoms with Crippen LogP contribution >= 0.6 is 11.6 Å². The van der Waals surface area contributed by atoms with E-state index in [1.807, 2.05) is 0 Å². The van der Waals surface area contributed by atoms with Crippen molar-refractivity contribution in [1.29, 1.82) is 0 Å². The van der Waals surface area contributed by atoms with Crippen LogP contribution in [0.3, 0.4) is 0 Å². The molecule has 2 rings (SSSR count). The van der Waals surface area contributed by atoms with Gasteiger partial charge in [-0.2, -0.15) is 0 Å². The fraction of sp³-hybridized carbons (Fsp3) is 0.417. The van der Waals surface area contributed by atoms with Crippen molar-refractivity contribution >= 4 is 23.3 Å². The fourth-order valence-corrected chi connectivity index (χ4v) is 2.30. The molecule has 6 heteroatoms. The monoisotopic (exact) mass is 268 g/mol. The second-order valence-electron chi connectivity index (χ2n) is 4.34. The van der Waals surface area contributed by atoms with Gasteiger partial charge in [-0.25, -0.2) is 4.98 Å². The molecule has 2 heterocycles. The van der Waals surface area contributed by atoms with Gasteiger partial charge in [-0.05, 0) is 19.1 Å². The third-order valence-corrected chi connectivity index (χ3v) is 3.19. The summed E-state index contributed by atoms with van der Waals surface area (Å²) >= 11 is 5.73. The SMILES string of the molecule is CC(=O)C1CC(O)CN1C(=O)c1ccnc(Cl)c1. The number of carbonyl (C=O) groups is 2. The standard InChI is InChI=1S/C12H13ClN2O3/c1-7(16)10-5-9(17)6-15(10)12(18)8-2-3-14-11(13)4-8/h2-4,9-10,17H,5-6H2,1H3. The van der Waals surface area contributed by atoms with Crippen LogP contribution in [0.5, 0.6) is 0 Å². The van der Waals surface area contributed by atoms with E-state index in [4.69, 9.17) is 11.6 Å². The van der Waals surface area contributed by atoms with Crippen molar-refractivity contribution in [2.75, 3.05) is 6.54 Å². The molecule has 0 spiro atoms. The van der Waals surface area contributed by atoms with E-state index >= 15 is 0 Å². The van der Waals surface area contributed by atoms with Crippen LogP contribution in [-0.4, -0.2) is 45.4 Å². The van der Waals surface area contributed by atoms with Crippen LogP contribution in [-0.2, 0) is 4.79 Å². The van der Waals surface area contributed by atoms with Crippen LogP contribution in [0.25, 0.3) is 0 Å². The van der Waals surface area contributed by atoms with E-state index in [0.29, 0.717) is 12.0 Å². The van der Waals surface area contributed by atoms with Crippen LogP contribution in [0.1, 0.15) is 23.7 Å². The Labute approximate surface area is 109 Å². The lowest BCUT2D eigenvalue weighted by Gasteiger charge is -2.22. The molecule has 0 radical (unpaired) electrons. The number of halogens is 1. The Morgan fingerprint density at radius 1 is 1.56 bits per heavy atom. The maximum atomic E-state index is 12.2. The smallest absolute Gasteiger partial charge is 0.254 e. The lowest BCUT2D eigenvalue weighted by atomic mass is 10.1. The van der Waals surface area contributed by atoms with Crippen molar-refractivity contribution in [2.24, 2.45) is 0 Å². The van der Waals surface area contributed by atoms with Gasteiger partial charge in [0.15, 0.2) is 5.78 Å². The molecular formula is C12H13ClN2O3. The Balaban J connectivity index is 2.25. The lowest BCUT2D eigenvalue weighted by molar-refractivity contribution is -0.120. The Morgan fingerprint density at radius 3 is 2.89 bits per heavy atom. The second-order valence-corrected chi connectivity index (χ2v) is 4.73.